The van der Waals surface area contributed by atoms with Crippen LogP contribution < -0.4 is 49.3 Å². The first-order chi connectivity index (χ1) is 58.7. The van der Waals surface area contributed by atoms with Gasteiger partial charge in [-0.15, -0.1) is 0 Å². The fraction of sp³-hybridized carbons (Fsp3) is 0.672. The Morgan fingerprint density at radius 3 is 0.921 bits per heavy atom. The van der Waals surface area contributed by atoms with Gasteiger partial charge in [0.15, 0.2) is 71.7 Å². The van der Waals surface area contributed by atoms with E-state index in [2.05, 4.69) is 46.5 Å². The molecular weight excluding hydrogens is 1870 g/mol. The first-order valence-electron chi connectivity index (χ1n) is 38.2. The molecule has 11 unspecified atom stereocenters. The summed E-state index contributed by atoms with van der Waals surface area (Å²) in [5.41, 5.74) is -3.09. The predicted molar refractivity (Wildman–Crippen MR) is 425 cm³/mol. The van der Waals surface area contributed by atoms with Crippen LogP contribution in [0.15, 0.2) is 68.2 Å². The van der Waals surface area contributed by atoms with Gasteiger partial charge >= 0.3 is 83.5 Å². The second-order valence-corrected chi connectivity index (χ2v) is 49.4. The molecule has 0 aliphatic carbocycles. The minimum absolute atomic E-state index is 0.00820. The number of hydrogen-bond acceptors (Lipinski definition) is 41. The highest BCUT2D eigenvalue weighted by Gasteiger charge is 2.66. The molecule has 10 saturated heterocycles. The quantitative estimate of drug-likeness (QED) is 0.0288. The monoisotopic (exact) mass is 1960 g/mol. The zero-order valence-corrected chi connectivity index (χ0v) is 76.6. The molecule has 10 fully saturated rings. The highest BCUT2D eigenvalue weighted by Crippen LogP contribution is 2.91. The molecule has 0 saturated carbocycles. The molecule has 0 spiro atoms. The molecular formula is C64H93N13O42P8. The van der Waals surface area contributed by atoms with Crippen LogP contribution in [0, 0.1) is 0 Å². The molecule has 0 radical (unpaired) electrons. The number of ether oxygens (including phenoxy) is 12. The molecule has 14 rings (SSSR count). The molecule has 10 N–H and O–H groups in total. The molecule has 127 heavy (non-hydrogen) atoms. The summed E-state index contributed by atoms with van der Waals surface area (Å²) in [7, 11) is -37.4. The Kier molecular flexibility index (Phi) is 29.6. The molecule has 4 aromatic rings. The Bertz CT molecular complexity index is 5380. The van der Waals surface area contributed by atoms with Crippen molar-refractivity contribution in [3.8, 4) is 0 Å². The lowest BCUT2D eigenvalue weighted by atomic mass is 10.1. The summed E-state index contributed by atoms with van der Waals surface area (Å²) in [5.74, 6) is -11.2. The molecule has 23 atom stereocenters. The summed E-state index contributed by atoms with van der Waals surface area (Å²) in [6.07, 6.45) is -10.1. The van der Waals surface area contributed by atoms with Crippen molar-refractivity contribution in [3.05, 3.63) is 91.0 Å². The molecule has 55 nitrogen and oxygen atoms in total. The molecule has 63 heteroatoms. The van der Waals surface area contributed by atoms with E-state index in [1.165, 1.54) is 83.7 Å². The molecule has 4 aromatic heterocycles. The van der Waals surface area contributed by atoms with E-state index in [1.807, 2.05) is 0 Å². The van der Waals surface area contributed by atoms with Gasteiger partial charge in [0.1, 0.15) is 96.5 Å². The van der Waals surface area contributed by atoms with E-state index in [9.17, 15) is 94.4 Å². The van der Waals surface area contributed by atoms with Crippen LogP contribution in [-0.2, 0) is 153 Å². The van der Waals surface area contributed by atoms with Crippen LogP contribution in [0.4, 0.5) is 23.3 Å². The van der Waals surface area contributed by atoms with Gasteiger partial charge in [-0.3, -0.25) is 78.8 Å². The van der Waals surface area contributed by atoms with Crippen LogP contribution in [0.2, 0.25) is 0 Å². The average molecular weight is 1960 g/mol. The minimum Gasteiger partial charge on any atom is -0.354 e. The molecule has 5 amide bonds. The maximum absolute atomic E-state index is 14.0. The molecule has 10 aliphatic heterocycles. The van der Waals surface area contributed by atoms with E-state index < -0.39 is 279 Å². The third kappa shape index (κ3) is 25.4. The Balaban J connectivity index is 0.000000186. The Hall–Kier alpha value is -6.29. The lowest BCUT2D eigenvalue weighted by Gasteiger charge is -2.39. The largest absolute Gasteiger partial charge is 0.357 e. The van der Waals surface area contributed by atoms with E-state index in [4.69, 9.17) is 102 Å². The number of amides is 5. The highest BCUT2D eigenvalue weighted by molar-refractivity contribution is 7.91. The number of fused-ring (bicyclic) bond motifs is 6. The lowest BCUT2D eigenvalue weighted by molar-refractivity contribution is -0.200. The van der Waals surface area contributed by atoms with Gasteiger partial charge in [-0.2, -0.15) is 19.9 Å². The van der Waals surface area contributed by atoms with Gasteiger partial charge in [-0.25, -0.2) is 32.1 Å². The van der Waals surface area contributed by atoms with Gasteiger partial charge in [-0.1, -0.05) is 0 Å². The summed E-state index contributed by atoms with van der Waals surface area (Å²) >= 11 is 0. The van der Waals surface area contributed by atoms with Gasteiger partial charge in [0.05, 0.1) is 33.0 Å². The zero-order valence-electron chi connectivity index (χ0n) is 69.4. The maximum atomic E-state index is 14.0. The van der Waals surface area contributed by atoms with Crippen LogP contribution in [0.25, 0.3) is 0 Å². The van der Waals surface area contributed by atoms with Crippen molar-refractivity contribution in [3.63, 3.8) is 0 Å². The first-order valence-corrected chi connectivity index (χ1v) is 52.2. The van der Waals surface area contributed by atoms with E-state index in [0.29, 0.717) is 0 Å². The standard InChI is InChI=1S/C30H40N6O19P4.C19H30N4O12P2.C15H23N3O11P2/c1-15(37)31-19-7-9-35(27(39)33-19)25-23-21(49-29(3,4)51-23)17(47-25)11-45-56(41)13-58(43)54-57(42,14-59(44,53-56)55-58)46-12-18-22-24(52-30(5,6)50-22)26(48-18)36-10-8-20(32-16(2)38)34-28(36)40;1-11(24)20-6-8-31-36(27,28)10-37(29,30)32-9-13-15-16(35-19(3,4)34-15)17(33-13)23-7-5-14(21-12(2)25)22-18(23)26;1-8(19)16-10-4-5-18(14(20)17-10)13-12-11(28-15(2,3)29-12)9(27-13)6-26-31(24,25)7-30(21,22)23/h7-10,17-18,21-26H,11-14H2,1-6H3,(H,31,33,37,39)(H,32,34,38,40);5,7,13,15-17H,6,8-10H2,1-4H3,(H,20,24)(H,27,28)(H,29,30)(H,21,22,25,26);4-5,9,11-13H,6-7H2,1-3H3,(H,24,25)(H2,21,22,23)(H,16,17,19,20)/t17-,18-,21+,22+,23?,24?,25-,26-,56?,57?,58?,59?;13-,15+,16?,17-;9-,11+,12?,13-/m111/s1. The van der Waals surface area contributed by atoms with E-state index in [-0.39, 0.29) is 42.3 Å². The van der Waals surface area contributed by atoms with Gasteiger partial charge in [0, 0.05) is 66.0 Å². The van der Waals surface area contributed by atoms with Crippen molar-refractivity contribution in [1.82, 2.24) is 43.5 Å². The summed E-state index contributed by atoms with van der Waals surface area (Å²) < 4.78 is 221. The number of aromatic nitrogens is 8. The SMILES string of the molecule is CC(=O)NCCOP(=O)(O)CP(=O)(O)OC[C@H]1O[C@@H](n2ccc(NC(C)=O)nc2=O)C2OC(C)(C)O[C@H]21.CC(=O)Nc1ccn([C@@H]2O[C@H](COP(=O)(O)CP(=O)(O)O)[C@@H]3OC(C)(C)OC32)c(=O)n1.CC(=O)Nc1ccn([C@@H]2O[C@H](COP3(=O)CP4(=O)OP(=O)(OC[C@H]5O[C@@H](n6ccc(NC(C)=O)nc6=O)C6OC(C)(C)O[C@H]65)CP(=O)(O3)O4)[C@@H]3OC(C)(C)OC32)c(=O)n1. The zero-order chi connectivity index (χ0) is 93.3. The summed E-state index contributed by atoms with van der Waals surface area (Å²) in [6, 6.07) is 5.52. The lowest BCUT2D eigenvalue weighted by Crippen LogP contribution is -2.35. The Morgan fingerprint density at radius 1 is 0.402 bits per heavy atom. The van der Waals surface area contributed by atoms with E-state index in [1.54, 1.807) is 55.4 Å². The van der Waals surface area contributed by atoms with Crippen LogP contribution >= 0.6 is 60.8 Å². The first kappa shape index (κ1) is 99.7. The van der Waals surface area contributed by atoms with Gasteiger partial charge in [-0.05, 0) is 79.7 Å². The molecule has 14 heterocycles. The smallest absolute Gasteiger partial charge is 0.354 e. The predicted octanol–water partition coefficient (Wildman–Crippen LogP) is 3.12. The number of anilines is 4. The minimum atomic E-state index is -4.79. The third-order valence-electron chi connectivity index (χ3n) is 18.8. The normalized spacial score (nSPS) is 33.9. The second-order valence-electron chi connectivity index (χ2n) is 31.6. The summed E-state index contributed by atoms with van der Waals surface area (Å²) in [6.45, 7) is 16.7. The van der Waals surface area contributed by atoms with Crippen molar-refractivity contribution >= 4 is 114 Å². The fourth-order valence-electron chi connectivity index (χ4n) is 14.6. The van der Waals surface area contributed by atoms with Crippen molar-refractivity contribution in [2.75, 3.05) is 84.5 Å². The number of hydrogen-bond donors (Lipinski definition) is 10. The molecule has 706 valence electrons. The van der Waals surface area contributed by atoms with E-state index in [0.717, 1.165) is 18.3 Å². The summed E-state index contributed by atoms with van der Waals surface area (Å²) in [4.78, 5) is 170. The Morgan fingerprint density at radius 2 is 0.661 bits per heavy atom. The number of rotatable bonds is 28. The number of nitrogens with zero attached hydrogens (tertiary/aromatic N) is 8. The van der Waals surface area contributed by atoms with Crippen molar-refractivity contribution in [2.45, 2.75) is 211 Å². The number of carbonyl (C=O) groups excluding carboxylic acids is 5. The topological polar surface area (TPSA) is 707 Å². The fourth-order valence-corrected chi connectivity index (χ4v) is 34.9. The van der Waals surface area contributed by atoms with Crippen molar-refractivity contribution < 1.29 is 177 Å². The van der Waals surface area contributed by atoms with Crippen LogP contribution in [0.1, 0.15) is 115 Å². The van der Waals surface area contributed by atoms with Crippen LogP contribution in [0.5, 0.6) is 0 Å². The second kappa shape index (κ2) is 37.6. The molecule has 0 aromatic carbocycles. The van der Waals surface area contributed by atoms with Crippen molar-refractivity contribution in [2.24, 2.45) is 0 Å². The number of nitrogens with one attached hydrogen (secondary N) is 5. The highest BCUT2D eigenvalue weighted by atomic mass is 31.3. The van der Waals surface area contributed by atoms with Crippen LogP contribution in [-0.4, -0.2) is 252 Å². The van der Waals surface area contributed by atoms with Crippen LogP contribution in [0.3, 0.4) is 0 Å². The molecule has 10 aliphatic rings. The Labute approximate surface area is 718 Å². The summed E-state index contributed by atoms with van der Waals surface area (Å²) in [5, 5.41) is 12.0. The maximum Gasteiger partial charge on any atom is 0.357 e. The van der Waals surface area contributed by atoms with Gasteiger partial charge in [0.2, 0.25) is 29.5 Å². The average Bonchev–Trinajstić information content (AvgIpc) is 1.66. The van der Waals surface area contributed by atoms with Gasteiger partial charge < -0.3 is 131 Å². The van der Waals surface area contributed by atoms with Crippen molar-refractivity contribution in [1.29, 1.82) is 0 Å². The number of carbonyl (C=O) groups is 5. The molecule has 2 bridgehead atoms. The van der Waals surface area contributed by atoms with Gasteiger partial charge in [0.25, 0.3) is 0 Å². The van der Waals surface area contributed by atoms with E-state index >= 15 is 0 Å². The third-order valence-corrected chi connectivity index (χ3v) is 38.9.